The third kappa shape index (κ3) is 3.23. The molecule has 17 heavy (non-hydrogen) atoms. The molecule has 1 fully saturated rings. The number of aliphatic hydroxyl groups is 1. The summed E-state index contributed by atoms with van der Waals surface area (Å²) >= 11 is 3.48. The van der Waals surface area contributed by atoms with Gasteiger partial charge in [-0.25, -0.2) is 0 Å². The zero-order valence-electron chi connectivity index (χ0n) is 10.2. The summed E-state index contributed by atoms with van der Waals surface area (Å²) in [5.74, 6) is 0.690. The Morgan fingerprint density at radius 1 is 1.53 bits per heavy atom. The first kappa shape index (κ1) is 12.9. The van der Waals surface area contributed by atoms with Gasteiger partial charge >= 0.3 is 0 Å². The first-order valence-electron chi connectivity index (χ1n) is 6.28. The van der Waals surface area contributed by atoms with Crippen LogP contribution in [0.1, 0.15) is 32.6 Å². The Kier molecular flexibility index (Phi) is 4.10. The highest BCUT2D eigenvalue weighted by Crippen LogP contribution is 2.35. The van der Waals surface area contributed by atoms with Gasteiger partial charge in [-0.15, -0.1) is 0 Å². The molecule has 2 rings (SSSR count). The van der Waals surface area contributed by atoms with Crippen molar-refractivity contribution in [2.75, 3.05) is 11.9 Å². The van der Waals surface area contributed by atoms with Crippen molar-refractivity contribution in [3.63, 3.8) is 0 Å². The lowest BCUT2D eigenvalue weighted by atomic mass is 9.76. The molecule has 0 heterocycles. The molecule has 1 saturated carbocycles. The molecule has 0 aliphatic heterocycles. The van der Waals surface area contributed by atoms with Crippen molar-refractivity contribution in [2.24, 2.45) is 5.92 Å². The van der Waals surface area contributed by atoms with Crippen molar-refractivity contribution < 1.29 is 5.11 Å². The van der Waals surface area contributed by atoms with Gasteiger partial charge in [0, 0.05) is 10.2 Å². The number of hydrogen-bond donors (Lipinski definition) is 2. The molecule has 1 aromatic carbocycles. The number of nitrogens with one attached hydrogen (secondary N) is 1. The number of benzene rings is 1. The zero-order valence-corrected chi connectivity index (χ0v) is 11.8. The van der Waals surface area contributed by atoms with E-state index in [1.807, 2.05) is 12.1 Å². The maximum absolute atomic E-state index is 9.72. The van der Waals surface area contributed by atoms with Crippen LogP contribution >= 0.6 is 15.9 Å². The first-order valence-corrected chi connectivity index (χ1v) is 7.07. The number of hydrogen-bond acceptors (Lipinski definition) is 2. The predicted molar refractivity (Wildman–Crippen MR) is 75.2 cm³/mol. The molecule has 1 aromatic rings. The van der Waals surface area contributed by atoms with Gasteiger partial charge in [0.25, 0.3) is 0 Å². The van der Waals surface area contributed by atoms with E-state index < -0.39 is 0 Å². The van der Waals surface area contributed by atoms with Crippen LogP contribution in [0.3, 0.4) is 0 Å². The average Bonchev–Trinajstić information content (AvgIpc) is 2.29. The molecule has 1 aliphatic rings. The van der Waals surface area contributed by atoms with Crippen LogP contribution in [-0.4, -0.2) is 17.3 Å². The zero-order chi connectivity index (χ0) is 12.3. The van der Waals surface area contributed by atoms with Crippen LogP contribution < -0.4 is 5.32 Å². The van der Waals surface area contributed by atoms with E-state index in [9.17, 15) is 5.11 Å². The number of aliphatic hydroxyl groups excluding tert-OH is 1. The fourth-order valence-corrected chi connectivity index (χ4v) is 3.23. The highest BCUT2D eigenvalue weighted by Gasteiger charge is 2.34. The molecule has 0 aromatic heterocycles. The predicted octanol–water partition coefficient (Wildman–Crippen LogP) is 3.80. The largest absolute Gasteiger partial charge is 0.394 e. The maximum Gasteiger partial charge on any atom is 0.0661 e. The van der Waals surface area contributed by atoms with Crippen molar-refractivity contribution in [3.05, 3.63) is 28.7 Å². The number of anilines is 1. The number of halogens is 1. The maximum atomic E-state index is 9.72. The van der Waals surface area contributed by atoms with Crippen LogP contribution in [0.15, 0.2) is 28.7 Å². The summed E-state index contributed by atoms with van der Waals surface area (Å²) in [7, 11) is 0. The van der Waals surface area contributed by atoms with E-state index in [1.54, 1.807) is 0 Å². The van der Waals surface area contributed by atoms with E-state index in [2.05, 4.69) is 40.3 Å². The summed E-state index contributed by atoms with van der Waals surface area (Å²) in [4.78, 5) is 0. The molecule has 2 atom stereocenters. The smallest absolute Gasteiger partial charge is 0.0661 e. The molecule has 0 spiro atoms. The van der Waals surface area contributed by atoms with Crippen LogP contribution in [0.2, 0.25) is 0 Å². The lowest BCUT2D eigenvalue weighted by Crippen LogP contribution is -2.45. The molecule has 2 unspecified atom stereocenters. The van der Waals surface area contributed by atoms with Gasteiger partial charge in [0.15, 0.2) is 0 Å². The molecule has 0 saturated heterocycles. The summed E-state index contributed by atoms with van der Waals surface area (Å²) in [6.45, 7) is 2.48. The Labute approximate surface area is 112 Å². The molecule has 94 valence electrons. The molecule has 2 N–H and O–H groups in total. The standard InChI is InChI=1S/C14H20BrNO/c1-11-4-3-7-14(9-11,10-17)16-13-6-2-5-12(15)8-13/h2,5-6,8,11,16-17H,3-4,7,9-10H2,1H3. The Balaban J connectivity index is 2.13. The Bertz CT molecular complexity index is 382. The normalized spacial score (nSPS) is 29.0. The lowest BCUT2D eigenvalue weighted by Gasteiger charge is -2.40. The Morgan fingerprint density at radius 2 is 2.35 bits per heavy atom. The highest BCUT2D eigenvalue weighted by molar-refractivity contribution is 9.10. The molecule has 0 bridgehead atoms. The van der Waals surface area contributed by atoms with Gasteiger partial charge in [-0.2, -0.15) is 0 Å². The van der Waals surface area contributed by atoms with Crippen LogP contribution in [0, 0.1) is 5.92 Å². The van der Waals surface area contributed by atoms with Crippen molar-refractivity contribution in [1.82, 2.24) is 0 Å². The minimum Gasteiger partial charge on any atom is -0.394 e. The second kappa shape index (κ2) is 5.40. The van der Waals surface area contributed by atoms with Gasteiger partial charge in [-0.3, -0.25) is 0 Å². The fraction of sp³-hybridized carbons (Fsp3) is 0.571. The summed E-state index contributed by atoms with van der Waals surface area (Å²) in [5.41, 5.74) is 0.959. The van der Waals surface area contributed by atoms with Crippen molar-refractivity contribution in [2.45, 2.75) is 38.1 Å². The minimum absolute atomic E-state index is 0.127. The summed E-state index contributed by atoms with van der Waals surface area (Å²) in [6.07, 6.45) is 4.58. The van der Waals surface area contributed by atoms with Crippen molar-refractivity contribution in [3.8, 4) is 0 Å². The van der Waals surface area contributed by atoms with E-state index in [0.717, 1.165) is 23.0 Å². The third-order valence-corrected chi connectivity index (χ3v) is 4.12. The monoisotopic (exact) mass is 297 g/mol. The second-order valence-corrected chi connectivity index (χ2v) is 6.19. The molecule has 1 aliphatic carbocycles. The summed E-state index contributed by atoms with van der Waals surface area (Å²) in [5, 5.41) is 13.3. The van der Waals surface area contributed by atoms with Crippen LogP contribution in [0.25, 0.3) is 0 Å². The second-order valence-electron chi connectivity index (χ2n) is 5.28. The van der Waals surface area contributed by atoms with Crippen molar-refractivity contribution in [1.29, 1.82) is 0 Å². The average molecular weight is 298 g/mol. The Morgan fingerprint density at radius 3 is 3.00 bits per heavy atom. The van der Waals surface area contributed by atoms with E-state index in [4.69, 9.17) is 0 Å². The lowest BCUT2D eigenvalue weighted by molar-refractivity contribution is 0.149. The molecule has 0 radical (unpaired) electrons. The minimum atomic E-state index is -0.127. The van der Waals surface area contributed by atoms with E-state index in [1.165, 1.54) is 12.8 Å². The third-order valence-electron chi connectivity index (χ3n) is 3.63. The summed E-state index contributed by atoms with van der Waals surface area (Å²) in [6, 6.07) is 8.15. The topological polar surface area (TPSA) is 32.3 Å². The molecular weight excluding hydrogens is 278 g/mol. The van der Waals surface area contributed by atoms with E-state index >= 15 is 0 Å². The van der Waals surface area contributed by atoms with Gasteiger partial charge in [0.1, 0.15) is 0 Å². The first-order chi connectivity index (χ1) is 8.13. The molecule has 3 heteroatoms. The Hall–Kier alpha value is -0.540. The van der Waals surface area contributed by atoms with Crippen LogP contribution in [0.4, 0.5) is 5.69 Å². The van der Waals surface area contributed by atoms with Gasteiger partial charge < -0.3 is 10.4 Å². The quantitative estimate of drug-likeness (QED) is 0.889. The molecular formula is C14H20BrNO. The van der Waals surface area contributed by atoms with Crippen molar-refractivity contribution >= 4 is 21.6 Å². The van der Waals surface area contributed by atoms with E-state index in [0.29, 0.717) is 5.92 Å². The van der Waals surface area contributed by atoms with Gasteiger partial charge in [-0.1, -0.05) is 41.8 Å². The molecule has 0 amide bonds. The molecule has 2 nitrogen and oxygen atoms in total. The van der Waals surface area contributed by atoms with Gasteiger partial charge in [0.2, 0.25) is 0 Å². The van der Waals surface area contributed by atoms with Gasteiger partial charge in [-0.05, 0) is 37.0 Å². The van der Waals surface area contributed by atoms with Crippen LogP contribution in [0.5, 0.6) is 0 Å². The van der Waals surface area contributed by atoms with E-state index in [-0.39, 0.29) is 12.1 Å². The van der Waals surface area contributed by atoms with Crippen LogP contribution in [-0.2, 0) is 0 Å². The fourth-order valence-electron chi connectivity index (χ4n) is 2.83. The number of rotatable bonds is 3. The highest BCUT2D eigenvalue weighted by atomic mass is 79.9. The SMILES string of the molecule is CC1CCCC(CO)(Nc2cccc(Br)c2)C1. The summed E-state index contributed by atoms with van der Waals surface area (Å²) < 4.78 is 1.07. The van der Waals surface area contributed by atoms with Gasteiger partial charge in [0.05, 0.1) is 12.1 Å².